The molecule has 9 heteroatoms. The summed E-state index contributed by atoms with van der Waals surface area (Å²) in [6, 6.07) is 5.04. The van der Waals surface area contributed by atoms with E-state index in [1.807, 2.05) is 6.92 Å². The second-order valence-corrected chi connectivity index (χ2v) is 8.69. The van der Waals surface area contributed by atoms with E-state index in [1.54, 1.807) is 22.8 Å². The number of halogens is 1. The van der Waals surface area contributed by atoms with Crippen molar-refractivity contribution in [2.45, 2.75) is 38.9 Å². The third-order valence-electron chi connectivity index (χ3n) is 4.38. The fourth-order valence-electron chi connectivity index (χ4n) is 3.14. The first-order valence-electron chi connectivity index (χ1n) is 8.39. The van der Waals surface area contributed by atoms with Gasteiger partial charge >= 0.3 is 5.76 Å². The molecule has 1 aromatic heterocycles. The number of likely N-dealkylation sites (tertiary alicyclic amines) is 1. The van der Waals surface area contributed by atoms with Crippen molar-refractivity contribution in [1.29, 1.82) is 0 Å². The summed E-state index contributed by atoms with van der Waals surface area (Å²) in [6.45, 7) is 3.67. The molecule has 1 saturated heterocycles. The van der Waals surface area contributed by atoms with Gasteiger partial charge in [0.15, 0.2) is 5.58 Å². The van der Waals surface area contributed by atoms with Gasteiger partial charge in [-0.2, -0.15) is 0 Å². The molecule has 2 heterocycles. The highest BCUT2D eigenvalue weighted by Gasteiger charge is 2.24. The van der Waals surface area contributed by atoms with Crippen LogP contribution < -0.4 is 10.5 Å². The largest absolute Gasteiger partial charge is 0.421 e. The summed E-state index contributed by atoms with van der Waals surface area (Å²) in [6.07, 6.45) is 2.04. The normalized spacial score (nSPS) is 17.4. The Kier molecular flexibility index (Phi) is 5.52. The molecular weight excluding hydrogens is 366 g/mol. The van der Waals surface area contributed by atoms with Gasteiger partial charge in [-0.3, -0.25) is 9.47 Å². The second-order valence-electron chi connectivity index (χ2n) is 6.38. The molecule has 25 heavy (non-hydrogen) atoms. The Morgan fingerprint density at radius 3 is 2.72 bits per heavy atom. The van der Waals surface area contributed by atoms with Gasteiger partial charge in [-0.1, -0.05) is 18.5 Å². The molecule has 1 aromatic carbocycles. The van der Waals surface area contributed by atoms with Crippen molar-refractivity contribution in [3.05, 3.63) is 33.8 Å². The summed E-state index contributed by atoms with van der Waals surface area (Å²) in [7, 11) is -3.19. The first kappa shape index (κ1) is 18.4. The van der Waals surface area contributed by atoms with Crippen molar-refractivity contribution >= 4 is 32.7 Å². The Balaban J connectivity index is 1.64. The van der Waals surface area contributed by atoms with Crippen LogP contribution in [0, 0.1) is 0 Å². The van der Waals surface area contributed by atoms with Gasteiger partial charge in [0.2, 0.25) is 10.0 Å². The number of oxazole rings is 1. The predicted octanol–water partition coefficient (Wildman–Crippen LogP) is 2.00. The summed E-state index contributed by atoms with van der Waals surface area (Å²) in [4.78, 5) is 14.2. The molecule has 0 saturated carbocycles. The van der Waals surface area contributed by atoms with Crippen LogP contribution in [0.15, 0.2) is 27.4 Å². The maximum absolute atomic E-state index is 12.1. The van der Waals surface area contributed by atoms with E-state index in [4.69, 9.17) is 16.0 Å². The lowest BCUT2D eigenvalue weighted by atomic mass is 10.1. The molecule has 1 aliphatic rings. The van der Waals surface area contributed by atoms with E-state index in [0.717, 1.165) is 0 Å². The SMILES string of the molecule is CCCS(=O)(=O)NC1CCN(Cn2c(=O)oc3ccc(Cl)cc32)CC1. The van der Waals surface area contributed by atoms with Gasteiger partial charge in [0.1, 0.15) is 0 Å². The maximum Gasteiger partial charge on any atom is 0.421 e. The standard InChI is InChI=1S/C16H22ClN3O4S/c1-2-9-25(22,23)18-13-5-7-19(8-6-13)11-20-14-10-12(17)3-4-15(14)24-16(20)21/h3-4,10,13,18H,2,5-9,11H2,1H3. The molecule has 0 amide bonds. The quantitative estimate of drug-likeness (QED) is 0.819. The van der Waals surface area contributed by atoms with Gasteiger partial charge in [-0.15, -0.1) is 0 Å². The van der Waals surface area contributed by atoms with Crippen LogP contribution in [0.25, 0.3) is 11.1 Å². The average Bonchev–Trinajstić information content (AvgIpc) is 2.84. The maximum atomic E-state index is 12.1. The molecule has 0 spiro atoms. The van der Waals surface area contributed by atoms with Crippen molar-refractivity contribution in [2.24, 2.45) is 0 Å². The van der Waals surface area contributed by atoms with Gasteiger partial charge in [0, 0.05) is 24.2 Å². The minimum absolute atomic E-state index is 0.0416. The number of benzene rings is 1. The van der Waals surface area contributed by atoms with Crippen LogP contribution in [0.4, 0.5) is 0 Å². The van der Waals surface area contributed by atoms with Crippen molar-refractivity contribution in [1.82, 2.24) is 14.2 Å². The fraction of sp³-hybridized carbons (Fsp3) is 0.562. The Labute approximate surface area is 151 Å². The predicted molar refractivity (Wildman–Crippen MR) is 97.3 cm³/mol. The van der Waals surface area contributed by atoms with Gasteiger partial charge in [0.05, 0.1) is 17.9 Å². The second kappa shape index (κ2) is 7.49. The molecule has 0 atom stereocenters. The van der Waals surface area contributed by atoms with Crippen molar-refractivity contribution in [3.63, 3.8) is 0 Å². The third kappa shape index (κ3) is 4.44. The number of hydrogen-bond donors (Lipinski definition) is 1. The van der Waals surface area contributed by atoms with Crippen molar-refractivity contribution in [3.8, 4) is 0 Å². The van der Waals surface area contributed by atoms with E-state index in [2.05, 4.69) is 9.62 Å². The highest BCUT2D eigenvalue weighted by molar-refractivity contribution is 7.89. The number of nitrogens with zero attached hydrogens (tertiary/aromatic N) is 2. The Morgan fingerprint density at radius 2 is 2.04 bits per heavy atom. The Hall–Kier alpha value is -1.35. The lowest BCUT2D eigenvalue weighted by Gasteiger charge is -2.32. The molecular formula is C16H22ClN3O4S. The van der Waals surface area contributed by atoms with Crippen molar-refractivity contribution in [2.75, 3.05) is 18.8 Å². The molecule has 3 rings (SSSR count). The van der Waals surface area contributed by atoms with Gasteiger partial charge in [-0.25, -0.2) is 17.9 Å². The minimum Gasteiger partial charge on any atom is -0.408 e. The number of rotatable bonds is 6. The molecule has 138 valence electrons. The zero-order valence-corrected chi connectivity index (χ0v) is 15.6. The molecule has 0 radical (unpaired) electrons. The van der Waals surface area contributed by atoms with Crippen LogP contribution >= 0.6 is 11.6 Å². The van der Waals surface area contributed by atoms with Crippen LogP contribution in [-0.2, 0) is 16.7 Å². The summed E-state index contributed by atoms with van der Waals surface area (Å²) in [5.41, 5.74) is 1.18. The van der Waals surface area contributed by atoms with Crippen molar-refractivity contribution < 1.29 is 12.8 Å². The topological polar surface area (TPSA) is 84.5 Å². The number of aromatic nitrogens is 1. The highest BCUT2D eigenvalue weighted by Crippen LogP contribution is 2.20. The number of hydrogen-bond acceptors (Lipinski definition) is 5. The van der Waals surface area contributed by atoms with E-state index in [1.165, 1.54) is 0 Å². The smallest absolute Gasteiger partial charge is 0.408 e. The number of sulfonamides is 1. The lowest BCUT2D eigenvalue weighted by molar-refractivity contribution is 0.163. The van der Waals surface area contributed by atoms with Crippen LogP contribution in [0.3, 0.4) is 0 Å². The summed E-state index contributed by atoms with van der Waals surface area (Å²) >= 11 is 6.01. The summed E-state index contributed by atoms with van der Waals surface area (Å²) < 4.78 is 33.3. The number of fused-ring (bicyclic) bond motifs is 1. The van der Waals surface area contributed by atoms with Gasteiger partial charge < -0.3 is 4.42 Å². The lowest BCUT2D eigenvalue weighted by Crippen LogP contribution is -2.46. The van der Waals surface area contributed by atoms with E-state index in [9.17, 15) is 13.2 Å². The van der Waals surface area contributed by atoms with Crippen LogP contribution in [0.5, 0.6) is 0 Å². The number of nitrogens with one attached hydrogen (secondary N) is 1. The first-order valence-corrected chi connectivity index (χ1v) is 10.4. The molecule has 1 aliphatic heterocycles. The van der Waals surface area contributed by atoms with Crippen LogP contribution in [0.2, 0.25) is 5.02 Å². The summed E-state index contributed by atoms with van der Waals surface area (Å²) in [5, 5.41) is 0.547. The zero-order chi connectivity index (χ0) is 18.0. The van der Waals surface area contributed by atoms with Crippen LogP contribution in [-0.4, -0.2) is 42.8 Å². The highest BCUT2D eigenvalue weighted by atomic mass is 35.5. The molecule has 0 bridgehead atoms. The van der Waals surface area contributed by atoms with E-state index in [-0.39, 0.29) is 11.8 Å². The average molecular weight is 388 g/mol. The molecule has 7 nitrogen and oxygen atoms in total. The van der Waals surface area contributed by atoms with E-state index in [0.29, 0.717) is 55.1 Å². The monoisotopic (exact) mass is 387 g/mol. The van der Waals surface area contributed by atoms with E-state index < -0.39 is 15.8 Å². The Bertz CT molecular complexity index is 898. The zero-order valence-electron chi connectivity index (χ0n) is 14.1. The molecule has 1 N–H and O–H groups in total. The number of piperidine rings is 1. The van der Waals surface area contributed by atoms with Gasteiger partial charge in [0.25, 0.3) is 0 Å². The van der Waals surface area contributed by atoms with Crippen LogP contribution in [0.1, 0.15) is 26.2 Å². The molecule has 1 fully saturated rings. The molecule has 2 aromatic rings. The molecule has 0 aliphatic carbocycles. The van der Waals surface area contributed by atoms with Gasteiger partial charge in [-0.05, 0) is 37.5 Å². The third-order valence-corrected chi connectivity index (χ3v) is 6.25. The summed E-state index contributed by atoms with van der Waals surface area (Å²) in [5.74, 6) is -0.257. The first-order chi connectivity index (χ1) is 11.9. The minimum atomic E-state index is -3.19. The fourth-order valence-corrected chi connectivity index (χ4v) is 4.71. The Morgan fingerprint density at radius 1 is 1.32 bits per heavy atom. The molecule has 0 unspecified atom stereocenters. The van der Waals surface area contributed by atoms with E-state index >= 15 is 0 Å².